The first-order valence-electron chi connectivity index (χ1n) is 7.39. The summed E-state index contributed by atoms with van der Waals surface area (Å²) in [5, 5.41) is 10.7. The number of nitrogens with zero attached hydrogens (tertiary/aromatic N) is 2. The number of amides is 2. The van der Waals surface area contributed by atoms with E-state index in [1.807, 2.05) is 24.3 Å². The summed E-state index contributed by atoms with van der Waals surface area (Å²) in [6.45, 7) is 0.146. The molecule has 1 heterocycles. The highest BCUT2D eigenvalue weighted by Gasteiger charge is 2.35. The smallest absolute Gasteiger partial charge is 0.268 e. The molecule has 6 nitrogen and oxygen atoms in total. The number of halogens is 3. The van der Waals surface area contributed by atoms with E-state index in [0.717, 1.165) is 25.8 Å². The Bertz CT molecular complexity index is 995. The van der Waals surface area contributed by atoms with Crippen molar-refractivity contribution in [2.45, 2.75) is 6.54 Å². The fourth-order valence-electron chi connectivity index (χ4n) is 2.35. The Balaban J connectivity index is 1.89. The molecule has 0 aliphatic carbocycles. The van der Waals surface area contributed by atoms with Gasteiger partial charge in [0.05, 0.1) is 16.4 Å². The molecule has 0 aromatic heterocycles. The van der Waals surface area contributed by atoms with Crippen LogP contribution in [0.25, 0.3) is 6.08 Å². The molecule has 2 amide bonds. The summed E-state index contributed by atoms with van der Waals surface area (Å²) in [7, 11) is 0. The lowest BCUT2D eigenvalue weighted by Crippen LogP contribution is -2.27. The van der Waals surface area contributed by atoms with E-state index in [-0.39, 0.29) is 32.7 Å². The zero-order valence-corrected chi connectivity index (χ0v) is 17.8. The summed E-state index contributed by atoms with van der Waals surface area (Å²) in [4.78, 5) is 36.5. The summed E-state index contributed by atoms with van der Waals surface area (Å²) in [6.07, 6.45) is 1.37. The highest BCUT2D eigenvalue weighted by atomic mass is 127. The van der Waals surface area contributed by atoms with Crippen LogP contribution in [0.3, 0.4) is 0 Å². The Morgan fingerprint density at radius 2 is 1.81 bits per heavy atom. The fourth-order valence-corrected chi connectivity index (χ4v) is 4.05. The number of benzene rings is 2. The monoisotopic (exact) mass is 534 g/mol. The number of rotatable bonds is 4. The van der Waals surface area contributed by atoms with Crippen molar-refractivity contribution in [3.8, 4) is 0 Å². The largest absolute Gasteiger partial charge is 0.293 e. The zero-order valence-electron chi connectivity index (χ0n) is 13.3. The van der Waals surface area contributed by atoms with E-state index in [2.05, 4.69) is 22.6 Å². The van der Waals surface area contributed by atoms with Gasteiger partial charge in [-0.3, -0.25) is 24.6 Å². The minimum absolute atomic E-state index is 0.103. The molecule has 1 saturated heterocycles. The van der Waals surface area contributed by atoms with Crippen LogP contribution in [0.2, 0.25) is 10.0 Å². The lowest BCUT2D eigenvalue weighted by atomic mass is 10.1. The number of carbonyl (C=O) groups is 2. The number of hydrogen-bond acceptors (Lipinski definition) is 5. The normalized spacial score (nSPS) is 15.7. The third-order valence-electron chi connectivity index (χ3n) is 3.68. The molecule has 1 aliphatic heterocycles. The first kappa shape index (κ1) is 20.1. The molecule has 10 heteroatoms. The molecule has 0 atom stereocenters. The molecule has 1 aliphatic rings. The molecule has 2 aromatic rings. The van der Waals surface area contributed by atoms with E-state index in [0.29, 0.717) is 0 Å². The molecule has 0 unspecified atom stereocenters. The average molecular weight is 535 g/mol. The van der Waals surface area contributed by atoms with Crippen molar-refractivity contribution >= 4 is 80.5 Å². The van der Waals surface area contributed by atoms with Crippen LogP contribution in [-0.2, 0) is 11.3 Å². The molecule has 2 aromatic carbocycles. The molecular formula is C17H9Cl2IN2O4S. The number of nitro benzene ring substituents is 1. The lowest BCUT2D eigenvalue weighted by Gasteiger charge is -2.12. The molecular weight excluding hydrogens is 526 g/mol. The minimum Gasteiger partial charge on any atom is -0.268 e. The van der Waals surface area contributed by atoms with Crippen molar-refractivity contribution in [1.29, 1.82) is 0 Å². The molecule has 138 valence electrons. The van der Waals surface area contributed by atoms with Gasteiger partial charge in [0.15, 0.2) is 0 Å². The third-order valence-corrected chi connectivity index (χ3v) is 5.93. The Kier molecular flexibility index (Phi) is 6.09. The Morgan fingerprint density at radius 3 is 2.44 bits per heavy atom. The van der Waals surface area contributed by atoms with Crippen LogP contribution in [-0.4, -0.2) is 21.0 Å². The molecule has 1 fully saturated rings. The maximum Gasteiger partial charge on any atom is 0.293 e. The Labute approximate surface area is 181 Å². The number of carbonyl (C=O) groups excluding carboxylic acids is 2. The van der Waals surface area contributed by atoms with Gasteiger partial charge in [0, 0.05) is 20.2 Å². The van der Waals surface area contributed by atoms with Crippen LogP contribution in [0, 0.1) is 13.7 Å². The van der Waals surface area contributed by atoms with Gasteiger partial charge in [0.1, 0.15) is 5.02 Å². The van der Waals surface area contributed by atoms with Gasteiger partial charge < -0.3 is 0 Å². The topological polar surface area (TPSA) is 80.5 Å². The molecule has 0 saturated carbocycles. The van der Waals surface area contributed by atoms with Crippen molar-refractivity contribution in [2.75, 3.05) is 0 Å². The van der Waals surface area contributed by atoms with Gasteiger partial charge in [0.25, 0.3) is 16.8 Å². The molecule has 3 rings (SSSR count). The van der Waals surface area contributed by atoms with Crippen LogP contribution in [0.1, 0.15) is 11.1 Å². The molecule has 0 N–H and O–H groups in total. The average Bonchev–Trinajstić information content (AvgIpc) is 2.86. The summed E-state index contributed by atoms with van der Waals surface area (Å²) in [5.74, 6) is -0.475. The third kappa shape index (κ3) is 4.45. The predicted octanol–water partition coefficient (Wildman–Crippen LogP) is 5.74. The zero-order chi connectivity index (χ0) is 19.7. The summed E-state index contributed by atoms with van der Waals surface area (Å²) >= 11 is 14.8. The summed E-state index contributed by atoms with van der Waals surface area (Å²) in [6, 6.07) is 9.87. The number of nitro groups is 1. The van der Waals surface area contributed by atoms with E-state index < -0.39 is 16.1 Å². The van der Waals surface area contributed by atoms with Crippen LogP contribution >= 0.6 is 57.6 Å². The van der Waals surface area contributed by atoms with Gasteiger partial charge in [-0.1, -0.05) is 35.3 Å². The summed E-state index contributed by atoms with van der Waals surface area (Å²) in [5.41, 5.74) is 0.733. The summed E-state index contributed by atoms with van der Waals surface area (Å²) < 4.78 is 1.05. The van der Waals surface area contributed by atoms with Crippen molar-refractivity contribution < 1.29 is 14.5 Å². The van der Waals surface area contributed by atoms with E-state index >= 15 is 0 Å². The van der Waals surface area contributed by atoms with Gasteiger partial charge in [-0.25, -0.2) is 0 Å². The van der Waals surface area contributed by atoms with Gasteiger partial charge >= 0.3 is 0 Å². The van der Waals surface area contributed by atoms with E-state index in [9.17, 15) is 19.7 Å². The Hall–Kier alpha value is -1.62. The van der Waals surface area contributed by atoms with Gasteiger partial charge in [-0.2, -0.15) is 0 Å². The second-order valence-electron chi connectivity index (χ2n) is 5.48. The van der Waals surface area contributed by atoms with E-state index in [1.54, 1.807) is 0 Å². The van der Waals surface area contributed by atoms with Crippen molar-refractivity contribution in [3.63, 3.8) is 0 Å². The van der Waals surface area contributed by atoms with Gasteiger partial charge in [0.2, 0.25) is 0 Å². The van der Waals surface area contributed by atoms with Crippen molar-refractivity contribution in [3.05, 3.63) is 76.2 Å². The maximum atomic E-state index is 12.6. The second-order valence-corrected chi connectivity index (χ2v) is 8.53. The molecule has 0 radical (unpaired) electrons. The van der Waals surface area contributed by atoms with Gasteiger partial charge in [-0.15, -0.1) is 0 Å². The van der Waals surface area contributed by atoms with Crippen LogP contribution < -0.4 is 0 Å². The van der Waals surface area contributed by atoms with Gasteiger partial charge in [-0.05, 0) is 64.2 Å². The number of imide groups is 1. The first-order valence-corrected chi connectivity index (χ1v) is 10.0. The van der Waals surface area contributed by atoms with Crippen molar-refractivity contribution in [1.82, 2.24) is 4.90 Å². The minimum atomic E-state index is -0.640. The number of hydrogen-bond donors (Lipinski definition) is 0. The molecule has 27 heavy (non-hydrogen) atoms. The first-order chi connectivity index (χ1) is 12.8. The maximum absolute atomic E-state index is 12.6. The second kappa shape index (κ2) is 8.17. The highest BCUT2D eigenvalue weighted by molar-refractivity contribution is 14.1. The molecule has 0 spiro atoms. The SMILES string of the molecule is O=C1S/C(=C\c2cc([N+](=O)[O-])c(Cl)cc2Cl)C(=O)N1Cc1ccc(I)cc1. The highest BCUT2D eigenvalue weighted by Crippen LogP contribution is 2.37. The number of thioether (sulfide) groups is 1. The standard InChI is InChI=1S/C17H9Cl2IN2O4S/c18-12-7-13(19)14(22(25)26)5-10(12)6-15-16(23)21(17(24)27-15)8-9-1-3-11(20)4-2-9/h1-7H,8H2/b15-6-. The fraction of sp³-hybridized carbons (Fsp3) is 0.0588. The van der Waals surface area contributed by atoms with Crippen molar-refractivity contribution in [2.24, 2.45) is 0 Å². The Morgan fingerprint density at radius 1 is 1.15 bits per heavy atom. The van der Waals surface area contributed by atoms with Crippen LogP contribution in [0.5, 0.6) is 0 Å². The van der Waals surface area contributed by atoms with E-state index in [4.69, 9.17) is 23.2 Å². The van der Waals surface area contributed by atoms with Crippen LogP contribution in [0.15, 0.2) is 41.3 Å². The lowest BCUT2D eigenvalue weighted by molar-refractivity contribution is -0.384. The predicted molar refractivity (Wildman–Crippen MR) is 114 cm³/mol. The van der Waals surface area contributed by atoms with Crippen LogP contribution in [0.4, 0.5) is 10.5 Å². The van der Waals surface area contributed by atoms with E-state index in [1.165, 1.54) is 18.2 Å². The quantitative estimate of drug-likeness (QED) is 0.216. The molecule has 0 bridgehead atoms.